The van der Waals surface area contributed by atoms with Crippen LogP contribution >= 0.6 is 0 Å². The molecular formula is C26H23F3N2O6. The molecule has 0 saturated carbocycles. The van der Waals surface area contributed by atoms with Gasteiger partial charge in [-0.2, -0.15) is 0 Å². The number of methoxy groups -OCH3 is 3. The first-order valence-corrected chi connectivity index (χ1v) is 10.7. The fourth-order valence-corrected chi connectivity index (χ4v) is 3.20. The van der Waals surface area contributed by atoms with E-state index in [1.54, 1.807) is 42.5 Å². The third kappa shape index (κ3) is 7.40. The predicted octanol–water partition coefficient (Wildman–Crippen LogP) is 5.02. The summed E-state index contributed by atoms with van der Waals surface area (Å²) in [6.07, 6.45) is -3.47. The standard InChI is InChI=1S/C26H23F3N2O6/c1-34-21-15-23(36-3)22(35-2)14-17(21)13-20(31-24(32)16-7-5-4-6-8-16)25(33)30-18-9-11-19(12-10-18)37-26(27,28)29/h4-15H,1-3H3,(H,30,33)(H,31,32)/b20-13-. The van der Waals surface area contributed by atoms with E-state index >= 15 is 0 Å². The van der Waals surface area contributed by atoms with Crippen molar-refractivity contribution < 1.29 is 41.7 Å². The summed E-state index contributed by atoms with van der Waals surface area (Å²) < 4.78 is 57.1. The van der Waals surface area contributed by atoms with Gasteiger partial charge in [0.1, 0.15) is 17.2 Å². The van der Waals surface area contributed by atoms with Crippen LogP contribution < -0.4 is 29.6 Å². The third-order valence-corrected chi connectivity index (χ3v) is 4.91. The van der Waals surface area contributed by atoms with Crippen molar-refractivity contribution in [2.45, 2.75) is 6.36 Å². The number of hydrogen-bond donors (Lipinski definition) is 2. The minimum Gasteiger partial charge on any atom is -0.496 e. The van der Waals surface area contributed by atoms with Gasteiger partial charge in [0, 0.05) is 22.9 Å². The lowest BCUT2D eigenvalue weighted by atomic mass is 10.1. The topological polar surface area (TPSA) is 95.1 Å². The van der Waals surface area contributed by atoms with Crippen LogP contribution in [-0.2, 0) is 4.79 Å². The molecule has 0 aliphatic carbocycles. The van der Waals surface area contributed by atoms with Gasteiger partial charge >= 0.3 is 6.36 Å². The Bertz CT molecular complexity index is 1280. The smallest absolute Gasteiger partial charge is 0.496 e. The Kier molecular flexibility index (Phi) is 8.62. The number of nitrogens with one attached hydrogen (secondary N) is 2. The van der Waals surface area contributed by atoms with Crippen molar-refractivity contribution in [3.63, 3.8) is 0 Å². The maximum Gasteiger partial charge on any atom is 0.573 e. The third-order valence-electron chi connectivity index (χ3n) is 4.91. The van der Waals surface area contributed by atoms with E-state index in [4.69, 9.17) is 14.2 Å². The van der Waals surface area contributed by atoms with Crippen molar-refractivity contribution in [2.75, 3.05) is 26.6 Å². The molecule has 11 heteroatoms. The number of rotatable bonds is 9. The van der Waals surface area contributed by atoms with E-state index in [-0.39, 0.29) is 11.4 Å². The minimum absolute atomic E-state index is 0.165. The molecule has 2 amide bonds. The second kappa shape index (κ2) is 11.8. The zero-order valence-corrected chi connectivity index (χ0v) is 20.0. The first-order chi connectivity index (χ1) is 17.6. The number of anilines is 1. The molecule has 0 fully saturated rings. The number of halogens is 3. The summed E-state index contributed by atoms with van der Waals surface area (Å²) in [5.41, 5.74) is 0.676. The highest BCUT2D eigenvalue weighted by Gasteiger charge is 2.31. The fraction of sp³-hybridized carbons (Fsp3) is 0.154. The monoisotopic (exact) mass is 516 g/mol. The molecule has 0 aliphatic rings. The van der Waals surface area contributed by atoms with Crippen molar-refractivity contribution in [3.8, 4) is 23.0 Å². The van der Waals surface area contributed by atoms with E-state index in [9.17, 15) is 22.8 Å². The second-order valence-corrected chi connectivity index (χ2v) is 7.35. The quantitative estimate of drug-likeness (QED) is 0.388. The summed E-state index contributed by atoms with van der Waals surface area (Å²) in [5.74, 6) is -0.693. The lowest BCUT2D eigenvalue weighted by molar-refractivity contribution is -0.274. The summed E-state index contributed by atoms with van der Waals surface area (Å²) in [4.78, 5) is 26.0. The number of ether oxygens (including phenoxy) is 4. The maximum absolute atomic E-state index is 13.2. The molecule has 0 atom stereocenters. The normalized spacial score (nSPS) is 11.4. The zero-order chi connectivity index (χ0) is 27.0. The van der Waals surface area contributed by atoms with Crippen LogP contribution in [0.3, 0.4) is 0 Å². The molecule has 0 spiro atoms. The molecule has 37 heavy (non-hydrogen) atoms. The molecule has 3 aromatic rings. The van der Waals surface area contributed by atoms with Crippen LogP contribution in [0.4, 0.5) is 18.9 Å². The number of carbonyl (C=O) groups is 2. The number of hydrogen-bond acceptors (Lipinski definition) is 6. The van der Waals surface area contributed by atoms with Gasteiger partial charge < -0.3 is 29.6 Å². The Labute approximate surface area is 210 Å². The molecule has 0 bridgehead atoms. The summed E-state index contributed by atoms with van der Waals surface area (Å²) in [6, 6.07) is 15.9. The van der Waals surface area contributed by atoms with Gasteiger partial charge in [0.25, 0.3) is 11.8 Å². The van der Waals surface area contributed by atoms with Gasteiger partial charge in [0.2, 0.25) is 0 Å². The highest BCUT2D eigenvalue weighted by Crippen LogP contribution is 2.35. The van der Waals surface area contributed by atoms with E-state index < -0.39 is 23.9 Å². The van der Waals surface area contributed by atoms with Gasteiger partial charge in [-0.05, 0) is 48.5 Å². The van der Waals surface area contributed by atoms with Crippen LogP contribution in [0.1, 0.15) is 15.9 Å². The zero-order valence-electron chi connectivity index (χ0n) is 20.0. The van der Waals surface area contributed by atoms with Crippen LogP contribution in [0.2, 0.25) is 0 Å². The number of benzene rings is 3. The fourth-order valence-electron chi connectivity index (χ4n) is 3.20. The Balaban J connectivity index is 1.96. The Morgan fingerprint density at radius 2 is 1.41 bits per heavy atom. The van der Waals surface area contributed by atoms with Crippen LogP contribution in [0.5, 0.6) is 23.0 Å². The largest absolute Gasteiger partial charge is 0.573 e. The molecule has 3 rings (SSSR count). The molecule has 0 radical (unpaired) electrons. The first kappa shape index (κ1) is 26.9. The van der Waals surface area contributed by atoms with Crippen LogP contribution in [0.25, 0.3) is 6.08 Å². The van der Waals surface area contributed by atoms with Gasteiger partial charge in [-0.25, -0.2) is 0 Å². The number of amides is 2. The number of alkyl halides is 3. The van der Waals surface area contributed by atoms with Crippen molar-refractivity contribution in [2.24, 2.45) is 0 Å². The van der Waals surface area contributed by atoms with Gasteiger partial charge in [-0.15, -0.1) is 13.2 Å². The van der Waals surface area contributed by atoms with E-state index in [1.165, 1.54) is 39.5 Å². The molecule has 0 heterocycles. The van der Waals surface area contributed by atoms with E-state index in [0.29, 0.717) is 28.4 Å². The van der Waals surface area contributed by atoms with E-state index in [1.807, 2.05) is 0 Å². The molecule has 2 N–H and O–H groups in total. The summed E-state index contributed by atoms with van der Waals surface area (Å²) in [7, 11) is 4.32. The summed E-state index contributed by atoms with van der Waals surface area (Å²) in [5, 5.41) is 5.11. The minimum atomic E-state index is -4.85. The first-order valence-electron chi connectivity index (χ1n) is 10.7. The average Bonchev–Trinajstić information content (AvgIpc) is 2.88. The van der Waals surface area contributed by atoms with Crippen molar-refractivity contribution in [1.29, 1.82) is 0 Å². The molecule has 194 valence electrons. The van der Waals surface area contributed by atoms with Crippen molar-refractivity contribution >= 4 is 23.6 Å². The summed E-state index contributed by atoms with van der Waals surface area (Å²) in [6.45, 7) is 0. The highest BCUT2D eigenvalue weighted by atomic mass is 19.4. The lowest BCUT2D eigenvalue weighted by Gasteiger charge is -2.15. The highest BCUT2D eigenvalue weighted by molar-refractivity contribution is 6.10. The Morgan fingerprint density at radius 3 is 1.97 bits per heavy atom. The molecular weight excluding hydrogens is 493 g/mol. The van der Waals surface area contributed by atoms with Gasteiger partial charge in [0.15, 0.2) is 11.5 Å². The van der Waals surface area contributed by atoms with E-state index in [2.05, 4.69) is 15.4 Å². The van der Waals surface area contributed by atoms with Crippen LogP contribution in [-0.4, -0.2) is 39.5 Å². The molecule has 0 aliphatic heterocycles. The van der Waals surface area contributed by atoms with E-state index in [0.717, 1.165) is 12.1 Å². The molecule has 3 aromatic carbocycles. The molecule has 0 aromatic heterocycles. The average molecular weight is 516 g/mol. The van der Waals surface area contributed by atoms with Crippen LogP contribution in [0.15, 0.2) is 72.4 Å². The van der Waals surface area contributed by atoms with Gasteiger partial charge in [-0.3, -0.25) is 9.59 Å². The maximum atomic E-state index is 13.2. The van der Waals surface area contributed by atoms with Crippen LogP contribution in [0, 0.1) is 0 Å². The SMILES string of the molecule is COc1cc(OC)c(OC)cc1/C=C(\NC(=O)c1ccccc1)C(=O)Nc1ccc(OC(F)(F)F)cc1. The van der Waals surface area contributed by atoms with Gasteiger partial charge in [0.05, 0.1) is 21.3 Å². The predicted molar refractivity (Wildman–Crippen MR) is 130 cm³/mol. The molecule has 8 nitrogen and oxygen atoms in total. The van der Waals surface area contributed by atoms with Crippen molar-refractivity contribution in [1.82, 2.24) is 5.32 Å². The summed E-state index contributed by atoms with van der Waals surface area (Å²) >= 11 is 0. The Morgan fingerprint density at radius 1 is 0.811 bits per heavy atom. The van der Waals surface area contributed by atoms with Gasteiger partial charge in [-0.1, -0.05) is 18.2 Å². The number of carbonyl (C=O) groups excluding carboxylic acids is 2. The van der Waals surface area contributed by atoms with Crippen molar-refractivity contribution in [3.05, 3.63) is 83.6 Å². The molecule has 0 saturated heterocycles. The Hall–Kier alpha value is -4.67. The second-order valence-electron chi connectivity index (χ2n) is 7.35. The molecule has 0 unspecified atom stereocenters. The lowest BCUT2D eigenvalue weighted by Crippen LogP contribution is -2.30.